The molecule has 0 saturated carbocycles. The summed E-state index contributed by atoms with van der Waals surface area (Å²) in [4.78, 5) is 25.2. The van der Waals surface area contributed by atoms with Crippen LogP contribution in [0.3, 0.4) is 0 Å². The molecule has 1 fully saturated rings. The van der Waals surface area contributed by atoms with Crippen LogP contribution >= 0.6 is 0 Å². The third kappa shape index (κ3) is 3.38. The fraction of sp³-hybridized carbons (Fsp3) is 0.429. The van der Waals surface area contributed by atoms with Crippen LogP contribution in [0.1, 0.15) is 12.5 Å². The van der Waals surface area contributed by atoms with Crippen LogP contribution < -0.4 is 5.32 Å². The fourth-order valence-corrected chi connectivity index (χ4v) is 2.18. The van der Waals surface area contributed by atoms with Crippen molar-refractivity contribution in [2.45, 2.75) is 19.4 Å². The molecule has 0 bridgehead atoms. The minimum atomic E-state index is -0.361. The quantitative estimate of drug-likeness (QED) is 0.873. The number of piperazine rings is 1. The van der Waals surface area contributed by atoms with E-state index in [1.807, 2.05) is 4.90 Å². The van der Waals surface area contributed by atoms with Gasteiger partial charge < -0.3 is 5.32 Å². The Hall–Kier alpha value is -1.75. The number of amides is 1. The third-order valence-electron chi connectivity index (χ3n) is 3.35. The molecule has 0 aromatic heterocycles. The second kappa shape index (κ2) is 5.93. The maximum absolute atomic E-state index is 13.4. The second-order valence-electron chi connectivity index (χ2n) is 4.74. The van der Waals surface area contributed by atoms with Crippen molar-refractivity contribution in [1.82, 2.24) is 10.2 Å². The van der Waals surface area contributed by atoms with Crippen molar-refractivity contribution < 1.29 is 14.0 Å². The molecule has 1 saturated heterocycles. The van der Waals surface area contributed by atoms with Gasteiger partial charge in [-0.25, -0.2) is 4.39 Å². The lowest BCUT2D eigenvalue weighted by atomic mass is 10.1. The molecule has 19 heavy (non-hydrogen) atoms. The Morgan fingerprint density at radius 1 is 1.47 bits per heavy atom. The van der Waals surface area contributed by atoms with Gasteiger partial charge >= 0.3 is 0 Å². The summed E-state index contributed by atoms with van der Waals surface area (Å²) in [5.41, 5.74) is 0.404. The zero-order chi connectivity index (χ0) is 13.8. The molecule has 2 rings (SSSR count). The van der Waals surface area contributed by atoms with Crippen molar-refractivity contribution in [1.29, 1.82) is 0 Å². The molecule has 0 spiro atoms. The van der Waals surface area contributed by atoms with Gasteiger partial charge in [0.2, 0.25) is 5.91 Å². The molecule has 0 radical (unpaired) electrons. The molecular formula is C14H17FN2O2. The van der Waals surface area contributed by atoms with Gasteiger partial charge in [0.05, 0.1) is 12.6 Å². The van der Waals surface area contributed by atoms with Crippen LogP contribution in [-0.4, -0.2) is 42.3 Å². The van der Waals surface area contributed by atoms with Gasteiger partial charge in [0.1, 0.15) is 5.82 Å². The summed E-state index contributed by atoms with van der Waals surface area (Å²) in [6.07, 6.45) is 0.0670. The number of benzene rings is 1. The smallest absolute Gasteiger partial charge is 0.237 e. The van der Waals surface area contributed by atoms with Crippen LogP contribution in [-0.2, 0) is 16.0 Å². The van der Waals surface area contributed by atoms with Crippen molar-refractivity contribution >= 4 is 11.7 Å². The lowest BCUT2D eigenvalue weighted by Gasteiger charge is -2.32. The second-order valence-corrected chi connectivity index (χ2v) is 4.74. The summed E-state index contributed by atoms with van der Waals surface area (Å²) in [5.74, 6) is -0.503. The van der Waals surface area contributed by atoms with Gasteiger partial charge in [-0.05, 0) is 18.6 Å². The first kappa shape index (κ1) is 13.7. The van der Waals surface area contributed by atoms with Gasteiger partial charge in [-0.3, -0.25) is 14.5 Å². The lowest BCUT2D eigenvalue weighted by Crippen LogP contribution is -2.55. The van der Waals surface area contributed by atoms with Crippen LogP contribution in [0.5, 0.6) is 0 Å². The van der Waals surface area contributed by atoms with Crippen molar-refractivity contribution in [3.8, 4) is 0 Å². The summed E-state index contributed by atoms with van der Waals surface area (Å²) >= 11 is 0. The predicted molar refractivity (Wildman–Crippen MR) is 69.2 cm³/mol. The molecule has 1 unspecified atom stereocenters. The van der Waals surface area contributed by atoms with E-state index < -0.39 is 0 Å². The number of ketones is 1. The molecule has 102 valence electrons. The van der Waals surface area contributed by atoms with Crippen molar-refractivity contribution in [3.63, 3.8) is 0 Å². The van der Waals surface area contributed by atoms with Crippen LogP contribution in [0.2, 0.25) is 0 Å². The Morgan fingerprint density at radius 2 is 2.21 bits per heavy atom. The van der Waals surface area contributed by atoms with Crippen LogP contribution in [0.25, 0.3) is 0 Å². The van der Waals surface area contributed by atoms with E-state index in [4.69, 9.17) is 0 Å². The molecule has 1 amide bonds. The maximum Gasteiger partial charge on any atom is 0.237 e. The van der Waals surface area contributed by atoms with Crippen molar-refractivity contribution in [2.24, 2.45) is 0 Å². The number of nitrogens with one attached hydrogen (secondary N) is 1. The molecule has 1 heterocycles. The molecular weight excluding hydrogens is 247 g/mol. The first-order chi connectivity index (χ1) is 9.08. The van der Waals surface area contributed by atoms with Gasteiger partial charge in [0, 0.05) is 19.5 Å². The summed E-state index contributed by atoms with van der Waals surface area (Å²) < 4.78 is 13.4. The van der Waals surface area contributed by atoms with E-state index in [9.17, 15) is 14.0 Å². The van der Waals surface area contributed by atoms with Gasteiger partial charge in [-0.15, -0.1) is 0 Å². The SMILES string of the molecule is CC1C(=O)NCCN1CC(=O)Cc1ccccc1F. The Labute approximate surface area is 111 Å². The number of Topliss-reactive ketones (excluding diaryl/α,β-unsaturated/α-hetero) is 1. The highest BCUT2D eigenvalue weighted by atomic mass is 19.1. The number of nitrogens with zero attached hydrogens (tertiary/aromatic N) is 1. The number of rotatable bonds is 4. The van der Waals surface area contributed by atoms with Crippen molar-refractivity contribution in [2.75, 3.05) is 19.6 Å². The number of halogens is 1. The highest BCUT2D eigenvalue weighted by Gasteiger charge is 2.26. The average Bonchev–Trinajstić information content (AvgIpc) is 2.38. The minimum absolute atomic E-state index is 0.0649. The summed E-state index contributed by atoms with van der Waals surface area (Å²) in [7, 11) is 0. The fourth-order valence-electron chi connectivity index (χ4n) is 2.18. The summed E-state index contributed by atoms with van der Waals surface area (Å²) in [5, 5.41) is 2.74. The molecule has 1 N–H and O–H groups in total. The van der Waals surface area contributed by atoms with Crippen LogP contribution in [0, 0.1) is 5.82 Å². The maximum atomic E-state index is 13.4. The summed E-state index contributed by atoms with van der Waals surface area (Å²) in [6.45, 7) is 3.15. The van der Waals surface area contributed by atoms with Gasteiger partial charge in [-0.2, -0.15) is 0 Å². The standard InChI is InChI=1S/C14H17FN2O2/c1-10-14(19)16-6-7-17(10)9-12(18)8-11-4-2-3-5-13(11)15/h2-5,10H,6-9H2,1H3,(H,16,19). The highest BCUT2D eigenvalue weighted by molar-refractivity contribution is 5.85. The predicted octanol–water partition coefficient (Wildman–Crippen LogP) is 0.758. The highest BCUT2D eigenvalue weighted by Crippen LogP contribution is 2.09. The molecule has 1 aromatic carbocycles. The van der Waals surface area contributed by atoms with E-state index in [2.05, 4.69) is 5.32 Å². The Bertz CT molecular complexity index is 490. The first-order valence-corrected chi connectivity index (χ1v) is 6.35. The number of carbonyl (C=O) groups excluding carboxylic acids is 2. The Balaban J connectivity index is 1.94. The van der Waals surface area contributed by atoms with E-state index in [0.717, 1.165) is 0 Å². The van der Waals surface area contributed by atoms with E-state index in [1.165, 1.54) is 6.07 Å². The van der Waals surface area contributed by atoms with Crippen LogP contribution in [0.15, 0.2) is 24.3 Å². The van der Waals surface area contributed by atoms with Crippen LogP contribution in [0.4, 0.5) is 4.39 Å². The Kier molecular flexibility index (Phi) is 4.27. The normalized spacial score (nSPS) is 20.1. The van der Waals surface area contributed by atoms with Crippen molar-refractivity contribution in [3.05, 3.63) is 35.6 Å². The van der Waals surface area contributed by atoms with E-state index in [-0.39, 0.29) is 36.5 Å². The van der Waals surface area contributed by atoms with E-state index in [0.29, 0.717) is 18.7 Å². The Morgan fingerprint density at radius 3 is 2.95 bits per heavy atom. The minimum Gasteiger partial charge on any atom is -0.353 e. The van der Waals surface area contributed by atoms with E-state index >= 15 is 0 Å². The zero-order valence-electron chi connectivity index (χ0n) is 10.9. The molecule has 1 aromatic rings. The zero-order valence-corrected chi connectivity index (χ0v) is 10.9. The van der Waals surface area contributed by atoms with Gasteiger partial charge in [-0.1, -0.05) is 18.2 Å². The number of carbonyl (C=O) groups is 2. The molecule has 1 atom stereocenters. The lowest BCUT2D eigenvalue weighted by molar-refractivity contribution is -0.130. The molecule has 0 aliphatic carbocycles. The molecule has 5 heteroatoms. The topological polar surface area (TPSA) is 49.4 Å². The van der Waals surface area contributed by atoms with E-state index in [1.54, 1.807) is 25.1 Å². The number of hydrogen-bond donors (Lipinski definition) is 1. The monoisotopic (exact) mass is 264 g/mol. The third-order valence-corrected chi connectivity index (χ3v) is 3.35. The largest absolute Gasteiger partial charge is 0.353 e. The average molecular weight is 264 g/mol. The molecule has 1 aliphatic heterocycles. The first-order valence-electron chi connectivity index (χ1n) is 6.35. The summed E-state index contributed by atoms with van der Waals surface area (Å²) in [6, 6.07) is 5.96. The van der Waals surface area contributed by atoms with Gasteiger partial charge in [0.25, 0.3) is 0 Å². The number of hydrogen-bond acceptors (Lipinski definition) is 3. The molecule has 1 aliphatic rings. The van der Waals surface area contributed by atoms with Gasteiger partial charge in [0.15, 0.2) is 5.78 Å². The molecule has 4 nitrogen and oxygen atoms in total.